The van der Waals surface area contributed by atoms with E-state index in [9.17, 15) is 23.1 Å². The van der Waals surface area contributed by atoms with E-state index in [0.29, 0.717) is 5.56 Å². The van der Waals surface area contributed by atoms with Crippen LogP contribution in [0.15, 0.2) is 71.9 Å². The Kier molecular flexibility index (Phi) is 4.67. The smallest absolute Gasteiger partial charge is 0.387 e. The Hall–Kier alpha value is -3.46. The SMILES string of the molecule is O=c1c2cnn(-c3cccc(C(F)(F)F)c3)c2ncn1C[C@@H](O)c1ccccc1. The number of hydrogen-bond donors (Lipinski definition) is 1. The molecule has 4 aromatic rings. The average molecular weight is 400 g/mol. The lowest BCUT2D eigenvalue weighted by molar-refractivity contribution is -0.137. The van der Waals surface area contributed by atoms with Crippen LogP contribution in [0, 0.1) is 0 Å². The first kappa shape index (κ1) is 18.9. The second-order valence-electron chi connectivity index (χ2n) is 6.47. The molecule has 0 aliphatic rings. The number of alkyl halides is 3. The maximum Gasteiger partial charge on any atom is 0.416 e. The normalized spacial score (nSPS) is 13.0. The summed E-state index contributed by atoms with van der Waals surface area (Å²) in [6, 6.07) is 13.5. The van der Waals surface area contributed by atoms with Gasteiger partial charge >= 0.3 is 6.18 Å². The number of halogens is 3. The fourth-order valence-corrected chi connectivity index (χ4v) is 3.05. The Morgan fingerprint density at radius 1 is 1.07 bits per heavy atom. The fraction of sp³-hybridized carbons (Fsp3) is 0.150. The van der Waals surface area contributed by atoms with Crippen molar-refractivity contribution < 1.29 is 18.3 Å². The van der Waals surface area contributed by atoms with Crippen LogP contribution in [0.4, 0.5) is 13.2 Å². The first-order valence-electron chi connectivity index (χ1n) is 8.68. The van der Waals surface area contributed by atoms with E-state index in [2.05, 4.69) is 10.1 Å². The number of nitrogens with zero attached hydrogens (tertiary/aromatic N) is 4. The second-order valence-corrected chi connectivity index (χ2v) is 6.47. The molecule has 9 heteroatoms. The van der Waals surface area contributed by atoms with Crippen molar-refractivity contribution in [1.82, 2.24) is 19.3 Å². The highest BCUT2D eigenvalue weighted by molar-refractivity contribution is 5.75. The van der Waals surface area contributed by atoms with E-state index < -0.39 is 23.4 Å². The molecule has 0 saturated carbocycles. The van der Waals surface area contributed by atoms with Crippen molar-refractivity contribution in [3.63, 3.8) is 0 Å². The maximum absolute atomic E-state index is 13.0. The maximum atomic E-state index is 13.0. The van der Waals surface area contributed by atoms with Gasteiger partial charge in [0.2, 0.25) is 0 Å². The predicted molar refractivity (Wildman–Crippen MR) is 99.5 cm³/mol. The van der Waals surface area contributed by atoms with Crippen LogP contribution in [-0.4, -0.2) is 24.4 Å². The highest BCUT2D eigenvalue weighted by Gasteiger charge is 2.30. The summed E-state index contributed by atoms with van der Waals surface area (Å²) in [4.78, 5) is 16.9. The van der Waals surface area contributed by atoms with Gasteiger partial charge in [0, 0.05) is 0 Å². The van der Waals surface area contributed by atoms with Crippen molar-refractivity contribution >= 4 is 11.0 Å². The molecule has 0 bridgehead atoms. The molecule has 6 nitrogen and oxygen atoms in total. The summed E-state index contributed by atoms with van der Waals surface area (Å²) in [5, 5.41) is 14.5. The van der Waals surface area contributed by atoms with Gasteiger partial charge in [0.25, 0.3) is 5.56 Å². The van der Waals surface area contributed by atoms with E-state index >= 15 is 0 Å². The van der Waals surface area contributed by atoms with Crippen LogP contribution in [0.1, 0.15) is 17.2 Å². The van der Waals surface area contributed by atoms with Gasteiger partial charge in [0.1, 0.15) is 11.7 Å². The number of hydrogen-bond acceptors (Lipinski definition) is 4. The molecule has 1 N–H and O–H groups in total. The number of aliphatic hydroxyl groups is 1. The van der Waals surface area contributed by atoms with E-state index in [0.717, 1.165) is 12.1 Å². The molecule has 4 rings (SSSR count). The number of fused-ring (bicyclic) bond motifs is 1. The van der Waals surface area contributed by atoms with Gasteiger partial charge in [-0.15, -0.1) is 0 Å². The Labute approximate surface area is 162 Å². The highest BCUT2D eigenvalue weighted by Crippen LogP contribution is 2.30. The van der Waals surface area contributed by atoms with Crippen molar-refractivity contribution in [2.75, 3.05) is 0 Å². The van der Waals surface area contributed by atoms with Crippen molar-refractivity contribution in [3.05, 3.63) is 88.6 Å². The molecule has 2 aromatic carbocycles. The molecular formula is C20H15F3N4O2. The van der Waals surface area contributed by atoms with Gasteiger partial charge in [0.05, 0.1) is 30.1 Å². The average Bonchev–Trinajstić information content (AvgIpc) is 3.15. The van der Waals surface area contributed by atoms with Crippen LogP contribution in [0.25, 0.3) is 16.7 Å². The van der Waals surface area contributed by atoms with Gasteiger partial charge in [-0.3, -0.25) is 9.36 Å². The Balaban J connectivity index is 1.71. The monoisotopic (exact) mass is 400 g/mol. The van der Waals surface area contributed by atoms with Crippen LogP contribution in [0.2, 0.25) is 0 Å². The lowest BCUT2D eigenvalue weighted by atomic mass is 10.1. The molecule has 2 heterocycles. The summed E-state index contributed by atoms with van der Waals surface area (Å²) < 4.78 is 41.4. The molecule has 0 unspecified atom stereocenters. The lowest BCUT2D eigenvalue weighted by Crippen LogP contribution is -2.23. The molecule has 0 amide bonds. The van der Waals surface area contributed by atoms with Gasteiger partial charge < -0.3 is 5.11 Å². The quantitative estimate of drug-likeness (QED) is 0.570. The molecule has 0 aliphatic carbocycles. The third-order valence-corrected chi connectivity index (χ3v) is 4.53. The summed E-state index contributed by atoms with van der Waals surface area (Å²) in [6.45, 7) is -0.0134. The topological polar surface area (TPSA) is 72.9 Å². The van der Waals surface area contributed by atoms with Crippen molar-refractivity contribution in [2.45, 2.75) is 18.8 Å². The summed E-state index contributed by atoms with van der Waals surface area (Å²) in [6.07, 6.45) is -2.89. The molecule has 148 valence electrons. The zero-order chi connectivity index (χ0) is 20.6. The minimum atomic E-state index is -4.49. The number of rotatable bonds is 4. The largest absolute Gasteiger partial charge is 0.416 e. The van der Waals surface area contributed by atoms with Crippen LogP contribution in [-0.2, 0) is 12.7 Å². The van der Waals surface area contributed by atoms with Crippen molar-refractivity contribution in [2.24, 2.45) is 0 Å². The number of aromatic nitrogens is 4. The third kappa shape index (κ3) is 3.64. The first-order valence-corrected chi connectivity index (χ1v) is 8.68. The molecule has 0 aliphatic heterocycles. The second kappa shape index (κ2) is 7.17. The van der Waals surface area contributed by atoms with Gasteiger partial charge in [-0.1, -0.05) is 36.4 Å². The van der Waals surface area contributed by atoms with Crippen LogP contribution < -0.4 is 5.56 Å². The number of aliphatic hydroxyl groups excluding tert-OH is 1. The molecule has 0 saturated heterocycles. The van der Waals surface area contributed by atoms with Crippen LogP contribution >= 0.6 is 0 Å². The highest BCUT2D eigenvalue weighted by atomic mass is 19.4. The summed E-state index contributed by atoms with van der Waals surface area (Å²) in [5.41, 5.74) is -0.330. The van der Waals surface area contributed by atoms with E-state index in [1.54, 1.807) is 24.3 Å². The summed E-state index contributed by atoms with van der Waals surface area (Å²) in [5.74, 6) is 0. The number of benzene rings is 2. The van der Waals surface area contributed by atoms with E-state index in [1.807, 2.05) is 6.07 Å². The van der Waals surface area contributed by atoms with Crippen molar-refractivity contribution in [3.8, 4) is 5.69 Å². The zero-order valence-electron chi connectivity index (χ0n) is 14.9. The van der Waals surface area contributed by atoms with Gasteiger partial charge in [-0.25, -0.2) is 9.67 Å². The van der Waals surface area contributed by atoms with Gasteiger partial charge in [-0.05, 0) is 23.8 Å². The van der Waals surface area contributed by atoms with Gasteiger partial charge in [0.15, 0.2) is 5.65 Å². The summed E-state index contributed by atoms with van der Waals surface area (Å²) >= 11 is 0. The molecular weight excluding hydrogens is 385 g/mol. The van der Waals surface area contributed by atoms with E-state index in [-0.39, 0.29) is 23.3 Å². The van der Waals surface area contributed by atoms with E-state index in [4.69, 9.17) is 0 Å². The van der Waals surface area contributed by atoms with E-state index in [1.165, 1.54) is 33.9 Å². The van der Waals surface area contributed by atoms with Crippen LogP contribution in [0.5, 0.6) is 0 Å². The Morgan fingerprint density at radius 2 is 1.83 bits per heavy atom. The first-order chi connectivity index (χ1) is 13.8. The zero-order valence-corrected chi connectivity index (χ0v) is 14.9. The fourth-order valence-electron chi connectivity index (χ4n) is 3.05. The minimum Gasteiger partial charge on any atom is -0.387 e. The van der Waals surface area contributed by atoms with Gasteiger partial charge in [-0.2, -0.15) is 18.3 Å². The minimum absolute atomic E-state index is 0.0134. The third-order valence-electron chi connectivity index (χ3n) is 4.53. The Morgan fingerprint density at radius 3 is 2.55 bits per heavy atom. The summed E-state index contributed by atoms with van der Waals surface area (Å²) in [7, 11) is 0. The van der Waals surface area contributed by atoms with Crippen LogP contribution in [0.3, 0.4) is 0 Å². The standard InChI is InChI=1S/C20H15F3N4O2/c21-20(22,23)14-7-4-8-15(9-14)27-18-16(10-25-27)19(29)26(12-24-18)11-17(28)13-5-2-1-3-6-13/h1-10,12,17,28H,11H2/t17-/m1/s1. The lowest BCUT2D eigenvalue weighted by Gasteiger charge is -2.13. The predicted octanol–water partition coefficient (Wildman–Crippen LogP) is 3.33. The molecule has 1 atom stereocenters. The molecule has 0 fully saturated rings. The van der Waals surface area contributed by atoms with Crippen molar-refractivity contribution in [1.29, 1.82) is 0 Å². The molecule has 29 heavy (non-hydrogen) atoms. The molecule has 2 aromatic heterocycles. The Bertz CT molecular complexity index is 1220. The molecule has 0 radical (unpaired) electrons. The molecule has 0 spiro atoms.